The monoisotopic (exact) mass is 369 g/mol. The maximum atomic E-state index is 2.33. The van der Waals surface area contributed by atoms with E-state index in [2.05, 4.69) is 45.2 Å². The third-order valence-electron chi connectivity index (χ3n) is 2.63. The molecule has 0 aliphatic carbocycles. The molecule has 0 aromatic heterocycles. The van der Waals surface area contributed by atoms with Gasteiger partial charge in [0.25, 0.3) is 0 Å². The Morgan fingerprint density at radius 1 is 1.29 bits per heavy atom. The largest absolute Gasteiger partial charge is 1.00 e. The average molecular weight is 368 g/mol. The van der Waals surface area contributed by atoms with E-state index in [0.29, 0.717) is 15.2 Å². The maximum absolute atomic E-state index is 2.33. The Labute approximate surface area is 110 Å². The quantitative estimate of drug-likeness (QED) is 0.403. The first-order valence-electron chi connectivity index (χ1n) is 4.80. The van der Waals surface area contributed by atoms with Crippen molar-refractivity contribution in [2.45, 2.75) is 19.9 Å². The Morgan fingerprint density at radius 2 is 1.93 bits per heavy atom. The van der Waals surface area contributed by atoms with Crippen LogP contribution < -0.4 is 32.4 Å². The molecule has 0 amide bonds. The van der Waals surface area contributed by atoms with Gasteiger partial charge in [-0.3, -0.25) is 0 Å². The molecular weight excluding hydrogens is 352 g/mol. The summed E-state index contributed by atoms with van der Waals surface area (Å²) in [5, 5.41) is 0. The van der Waals surface area contributed by atoms with E-state index in [4.69, 9.17) is 0 Å². The molecule has 0 saturated heterocycles. The van der Waals surface area contributed by atoms with Gasteiger partial charge in [0.05, 0.1) is 0 Å². The Bertz CT molecular complexity index is 314. The molecule has 0 spiro atoms. The summed E-state index contributed by atoms with van der Waals surface area (Å²) in [7, 11) is 2.32. The first kappa shape index (κ1) is 12.5. The Balaban J connectivity index is 0.000000980. The van der Waals surface area contributed by atoms with Crippen LogP contribution in [-0.2, 0) is 0 Å². The first-order valence-corrected chi connectivity index (χ1v) is 6.51. The summed E-state index contributed by atoms with van der Waals surface area (Å²) in [4.78, 5) is 0. The van der Waals surface area contributed by atoms with Crippen molar-refractivity contribution < 1.29 is 27.9 Å². The molecule has 0 fully saturated rings. The van der Waals surface area contributed by atoms with Gasteiger partial charge in [0.2, 0.25) is 0 Å². The predicted molar refractivity (Wildman–Crippen MR) is 56.3 cm³/mol. The van der Waals surface area contributed by atoms with Crippen LogP contribution in [0.3, 0.4) is 0 Å². The van der Waals surface area contributed by atoms with E-state index in [-0.39, 0.29) is 24.0 Å². The number of fused-ring (bicyclic) bond motifs is 1. The summed E-state index contributed by atoms with van der Waals surface area (Å²) in [5.74, 6) is 0.755. The van der Waals surface area contributed by atoms with Gasteiger partial charge in [-0.2, -0.15) is 0 Å². The van der Waals surface area contributed by atoms with Crippen LogP contribution in [0.1, 0.15) is 25.5 Å². The number of hydrogen-bond acceptors (Lipinski definition) is 0. The molecule has 1 aromatic carbocycles. The van der Waals surface area contributed by atoms with Crippen molar-refractivity contribution in [1.82, 2.24) is 0 Å². The van der Waals surface area contributed by atoms with Crippen LogP contribution >= 0.6 is 0 Å². The number of hydrogen-bond donors (Lipinski definition) is 1. The van der Waals surface area contributed by atoms with Crippen molar-refractivity contribution in [3.8, 4) is 0 Å². The molecule has 0 saturated carbocycles. The average Bonchev–Trinajstić information content (AvgIpc) is 2.39. The van der Waals surface area contributed by atoms with E-state index in [1.54, 1.807) is 13.9 Å². The van der Waals surface area contributed by atoms with Crippen molar-refractivity contribution in [2.24, 2.45) is 5.92 Å². The zero-order valence-corrected chi connectivity index (χ0v) is 12.6. The summed E-state index contributed by atoms with van der Waals surface area (Å²) in [6.07, 6.45) is 0. The summed E-state index contributed by atoms with van der Waals surface area (Å²) < 4.78 is 3.30. The van der Waals surface area contributed by atoms with Crippen molar-refractivity contribution >= 4 is 19.6 Å². The van der Waals surface area contributed by atoms with Gasteiger partial charge in [0.15, 0.2) is 0 Å². The van der Waals surface area contributed by atoms with Crippen molar-refractivity contribution in [3.63, 3.8) is 0 Å². The SMILES string of the molecule is CC(C)C1c2ccccc2[Se][NH+]1C.[I-]. The van der Waals surface area contributed by atoms with Gasteiger partial charge in [-0.05, 0) is 0 Å². The fourth-order valence-corrected chi connectivity index (χ4v) is 4.91. The van der Waals surface area contributed by atoms with Crippen LogP contribution in [0.4, 0.5) is 0 Å². The van der Waals surface area contributed by atoms with Gasteiger partial charge in [0, 0.05) is 0 Å². The van der Waals surface area contributed by atoms with Gasteiger partial charge in [-0.25, -0.2) is 0 Å². The Kier molecular flexibility index (Phi) is 4.44. The van der Waals surface area contributed by atoms with Crippen LogP contribution in [0, 0.1) is 5.92 Å². The number of nitrogens with one attached hydrogen (secondary N) is 1. The third-order valence-corrected chi connectivity index (χ3v) is 5.08. The van der Waals surface area contributed by atoms with Crippen LogP contribution in [-0.4, -0.2) is 22.2 Å². The Hall–Kier alpha value is 0.429. The van der Waals surface area contributed by atoms with Gasteiger partial charge in [0.1, 0.15) is 0 Å². The van der Waals surface area contributed by atoms with Crippen LogP contribution in [0.15, 0.2) is 24.3 Å². The smallest absolute Gasteiger partial charge is 1.00 e. The van der Waals surface area contributed by atoms with Gasteiger partial charge in [-0.1, -0.05) is 0 Å². The Morgan fingerprint density at radius 3 is 2.57 bits per heavy atom. The second-order valence-corrected chi connectivity index (χ2v) is 6.67. The molecule has 1 heterocycles. The molecule has 0 bridgehead atoms. The molecule has 1 N–H and O–H groups in total. The molecule has 1 aromatic rings. The predicted octanol–water partition coefficient (Wildman–Crippen LogP) is -2.84. The number of halogens is 1. The number of benzene rings is 1. The number of rotatable bonds is 1. The molecule has 14 heavy (non-hydrogen) atoms. The molecular formula is C11H16INSe. The third kappa shape index (κ3) is 2.16. The zero-order valence-electron chi connectivity index (χ0n) is 8.75. The van der Waals surface area contributed by atoms with Crippen molar-refractivity contribution in [2.75, 3.05) is 7.05 Å². The molecule has 78 valence electrons. The maximum Gasteiger partial charge on any atom is -1.00 e. The van der Waals surface area contributed by atoms with Crippen LogP contribution in [0.5, 0.6) is 0 Å². The molecule has 3 heteroatoms. The van der Waals surface area contributed by atoms with Crippen LogP contribution in [0.2, 0.25) is 0 Å². The molecule has 2 unspecified atom stereocenters. The minimum atomic E-state index is 0. The van der Waals surface area contributed by atoms with Crippen molar-refractivity contribution in [3.05, 3.63) is 29.8 Å². The molecule has 0 radical (unpaired) electrons. The molecule has 1 aliphatic rings. The van der Waals surface area contributed by atoms with Gasteiger partial charge < -0.3 is 24.0 Å². The van der Waals surface area contributed by atoms with E-state index in [9.17, 15) is 0 Å². The fraction of sp³-hybridized carbons (Fsp3) is 0.455. The summed E-state index contributed by atoms with van der Waals surface area (Å²) >= 11 is 0.630. The normalized spacial score (nSPS) is 24.6. The summed E-state index contributed by atoms with van der Waals surface area (Å²) in [6.45, 7) is 4.65. The topological polar surface area (TPSA) is 4.44 Å². The van der Waals surface area contributed by atoms with Gasteiger partial charge >= 0.3 is 86.2 Å². The summed E-state index contributed by atoms with van der Waals surface area (Å²) in [5.41, 5.74) is 1.59. The minimum Gasteiger partial charge on any atom is -1.00 e. The second-order valence-electron chi connectivity index (χ2n) is 3.97. The summed E-state index contributed by atoms with van der Waals surface area (Å²) in [6, 6.07) is 9.66. The first-order chi connectivity index (χ1) is 6.20. The minimum absolute atomic E-state index is 0. The van der Waals surface area contributed by atoms with Gasteiger partial charge in [-0.15, -0.1) is 0 Å². The second kappa shape index (κ2) is 4.97. The zero-order chi connectivity index (χ0) is 9.42. The standard InChI is InChI=1S/C11H15NSe.HI/c1-8(2)11-9-6-4-5-7-10(9)13-12(11)3;/h4-8,11H,1-3H3;1H. The molecule has 2 atom stereocenters. The fourth-order valence-electron chi connectivity index (χ4n) is 2.11. The molecule has 1 aliphatic heterocycles. The van der Waals surface area contributed by atoms with E-state index < -0.39 is 0 Å². The van der Waals surface area contributed by atoms with E-state index in [1.165, 1.54) is 0 Å². The number of quaternary nitrogens is 1. The van der Waals surface area contributed by atoms with E-state index in [0.717, 1.165) is 12.0 Å². The molecule has 2 rings (SSSR count). The van der Waals surface area contributed by atoms with E-state index >= 15 is 0 Å². The molecule has 1 nitrogen and oxygen atoms in total. The van der Waals surface area contributed by atoms with Crippen molar-refractivity contribution in [1.29, 1.82) is 0 Å². The van der Waals surface area contributed by atoms with Crippen LogP contribution in [0.25, 0.3) is 0 Å². The van der Waals surface area contributed by atoms with E-state index in [1.807, 2.05) is 0 Å².